The first kappa shape index (κ1) is 19.1. The van der Waals surface area contributed by atoms with Crippen molar-refractivity contribution >= 4 is 27.5 Å². The number of fused-ring (bicyclic) bond motifs is 1. The van der Waals surface area contributed by atoms with E-state index in [9.17, 15) is 9.59 Å². The molecule has 0 bridgehead atoms. The molecule has 0 unspecified atom stereocenters. The zero-order chi connectivity index (χ0) is 19.6. The van der Waals surface area contributed by atoms with Gasteiger partial charge in [-0.15, -0.1) is 11.3 Å². The molecule has 1 aromatic carbocycles. The third kappa shape index (κ3) is 4.01. The summed E-state index contributed by atoms with van der Waals surface area (Å²) in [4.78, 5) is 34.7. The highest BCUT2D eigenvalue weighted by Crippen LogP contribution is 2.27. The number of H-pyrrole nitrogens is 1. The number of methoxy groups -OCH3 is 2. The van der Waals surface area contributed by atoms with Gasteiger partial charge in [-0.25, -0.2) is 9.78 Å². The number of esters is 1. The predicted molar refractivity (Wildman–Crippen MR) is 104 cm³/mol. The lowest BCUT2D eigenvalue weighted by atomic mass is 10.2. The molecule has 8 heteroatoms. The van der Waals surface area contributed by atoms with Gasteiger partial charge in [-0.05, 0) is 37.2 Å². The molecular formula is C19H21N3O4S. The summed E-state index contributed by atoms with van der Waals surface area (Å²) in [6.45, 7) is 2.90. The van der Waals surface area contributed by atoms with Gasteiger partial charge in [0.2, 0.25) is 0 Å². The Kier molecular flexibility index (Phi) is 5.57. The summed E-state index contributed by atoms with van der Waals surface area (Å²) in [7, 11) is 4.91. The first-order chi connectivity index (χ1) is 12.9. The Morgan fingerprint density at radius 2 is 1.93 bits per heavy atom. The Morgan fingerprint density at radius 1 is 1.22 bits per heavy atom. The first-order valence-electron chi connectivity index (χ1n) is 8.35. The van der Waals surface area contributed by atoms with Crippen LogP contribution in [0.4, 0.5) is 0 Å². The molecule has 0 saturated carbocycles. The third-order valence-corrected chi connectivity index (χ3v) is 5.42. The summed E-state index contributed by atoms with van der Waals surface area (Å²) >= 11 is 1.18. The highest BCUT2D eigenvalue weighted by molar-refractivity contribution is 7.20. The van der Waals surface area contributed by atoms with Crippen LogP contribution in [0.1, 0.15) is 26.6 Å². The Labute approximate surface area is 160 Å². The number of aryl methyl sites for hydroxylation is 1. The normalized spacial score (nSPS) is 11.1. The van der Waals surface area contributed by atoms with Gasteiger partial charge in [0, 0.05) is 6.54 Å². The molecule has 0 fully saturated rings. The van der Waals surface area contributed by atoms with E-state index in [-0.39, 0.29) is 5.56 Å². The Bertz CT molecular complexity index is 1020. The fourth-order valence-corrected chi connectivity index (χ4v) is 4.02. The minimum atomic E-state index is -0.451. The van der Waals surface area contributed by atoms with Crippen LogP contribution < -0.4 is 10.3 Å². The zero-order valence-corrected chi connectivity index (χ0v) is 16.5. The van der Waals surface area contributed by atoms with Gasteiger partial charge in [0.25, 0.3) is 5.56 Å². The van der Waals surface area contributed by atoms with Crippen molar-refractivity contribution in [1.82, 2.24) is 14.9 Å². The molecule has 0 aliphatic heterocycles. The second-order valence-electron chi connectivity index (χ2n) is 6.26. The number of thiophene rings is 1. The van der Waals surface area contributed by atoms with Crippen LogP contribution in [0.3, 0.4) is 0 Å². The number of hydrogen-bond acceptors (Lipinski definition) is 7. The summed E-state index contributed by atoms with van der Waals surface area (Å²) in [5, 5.41) is 0.446. The number of aromatic amines is 1. The minimum Gasteiger partial charge on any atom is -0.497 e. The van der Waals surface area contributed by atoms with Crippen molar-refractivity contribution in [2.45, 2.75) is 20.0 Å². The number of nitrogens with zero attached hydrogens (tertiary/aromatic N) is 2. The van der Waals surface area contributed by atoms with E-state index >= 15 is 0 Å². The van der Waals surface area contributed by atoms with Crippen LogP contribution >= 0.6 is 11.3 Å². The van der Waals surface area contributed by atoms with Crippen LogP contribution in [0.15, 0.2) is 29.1 Å². The lowest BCUT2D eigenvalue weighted by Crippen LogP contribution is -2.21. The molecule has 7 nitrogen and oxygen atoms in total. The fourth-order valence-electron chi connectivity index (χ4n) is 2.90. The molecule has 3 rings (SSSR count). The monoisotopic (exact) mass is 387 g/mol. The van der Waals surface area contributed by atoms with Crippen molar-refractivity contribution in [3.05, 3.63) is 56.4 Å². The third-order valence-electron chi connectivity index (χ3n) is 4.25. The van der Waals surface area contributed by atoms with E-state index in [1.165, 1.54) is 18.4 Å². The topological polar surface area (TPSA) is 84.5 Å². The van der Waals surface area contributed by atoms with Gasteiger partial charge in [0.1, 0.15) is 21.3 Å². The summed E-state index contributed by atoms with van der Waals surface area (Å²) in [5.74, 6) is 0.918. The van der Waals surface area contributed by atoms with E-state index in [4.69, 9.17) is 9.47 Å². The van der Waals surface area contributed by atoms with Gasteiger partial charge in [0.05, 0.1) is 26.2 Å². The molecule has 1 N–H and O–H groups in total. The molecule has 142 valence electrons. The quantitative estimate of drug-likeness (QED) is 0.655. The highest BCUT2D eigenvalue weighted by Gasteiger charge is 2.20. The number of nitrogens with one attached hydrogen (secondary N) is 1. The van der Waals surface area contributed by atoms with E-state index in [2.05, 4.69) is 9.97 Å². The molecule has 2 heterocycles. The van der Waals surface area contributed by atoms with Crippen LogP contribution in [0.5, 0.6) is 5.75 Å². The van der Waals surface area contributed by atoms with E-state index in [0.29, 0.717) is 39.6 Å². The molecule has 0 radical (unpaired) electrons. The summed E-state index contributed by atoms with van der Waals surface area (Å²) in [5.41, 5.74) is 1.49. The molecule has 0 aliphatic rings. The van der Waals surface area contributed by atoms with E-state index in [1.807, 2.05) is 36.2 Å². The maximum absolute atomic E-state index is 12.5. The lowest BCUT2D eigenvalue weighted by molar-refractivity contribution is 0.0605. The van der Waals surface area contributed by atoms with Gasteiger partial charge in [-0.2, -0.15) is 0 Å². The maximum Gasteiger partial charge on any atom is 0.348 e. The molecule has 0 atom stereocenters. The Hall–Kier alpha value is -2.71. The number of carbonyl (C=O) groups excluding carboxylic acids is 1. The van der Waals surface area contributed by atoms with E-state index < -0.39 is 5.97 Å². The maximum atomic E-state index is 12.5. The first-order valence-corrected chi connectivity index (χ1v) is 9.16. The highest BCUT2D eigenvalue weighted by atomic mass is 32.1. The second-order valence-corrected chi connectivity index (χ2v) is 7.26. The zero-order valence-electron chi connectivity index (χ0n) is 15.7. The number of ether oxygens (including phenoxy) is 2. The van der Waals surface area contributed by atoms with Crippen molar-refractivity contribution in [3.63, 3.8) is 0 Å². The number of hydrogen-bond donors (Lipinski definition) is 1. The number of rotatable bonds is 6. The van der Waals surface area contributed by atoms with E-state index in [0.717, 1.165) is 11.3 Å². The molecule has 0 amide bonds. The molecular weight excluding hydrogens is 366 g/mol. The van der Waals surface area contributed by atoms with Crippen molar-refractivity contribution in [2.75, 3.05) is 21.3 Å². The number of benzene rings is 1. The fraction of sp³-hybridized carbons (Fsp3) is 0.316. The van der Waals surface area contributed by atoms with Gasteiger partial charge in [0.15, 0.2) is 0 Å². The van der Waals surface area contributed by atoms with Crippen LogP contribution in [-0.4, -0.2) is 42.1 Å². The van der Waals surface area contributed by atoms with Crippen LogP contribution in [0, 0.1) is 6.92 Å². The summed E-state index contributed by atoms with van der Waals surface area (Å²) < 4.78 is 9.94. The molecule has 0 spiro atoms. The largest absolute Gasteiger partial charge is 0.497 e. The van der Waals surface area contributed by atoms with Crippen molar-refractivity contribution < 1.29 is 14.3 Å². The van der Waals surface area contributed by atoms with Crippen LogP contribution in [-0.2, 0) is 17.8 Å². The van der Waals surface area contributed by atoms with Gasteiger partial charge in [-0.3, -0.25) is 9.69 Å². The summed E-state index contributed by atoms with van der Waals surface area (Å²) in [6, 6.07) is 7.83. The van der Waals surface area contributed by atoms with Gasteiger partial charge in [-0.1, -0.05) is 12.1 Å². The SMILES string of the molecule is COC(=O)c1sc2nc(CN(C)Cc3ccc(OC)cc3)[nH]c(=O)c2c1C. The van der Waals surface area contributed by atoms with Crippen LogP contribution in [0.25, 0.3) is 10.2 Å². The molecule has 0 saturated heterocycles. The average molecular weight is 387 g/mol. The standard InChI is InChI=1S/C19H21N3O4S/c1-11-15-17(23)20-14(21-18(15)27-16(11)19(24)26-4)10-22(2)9-12-5-7-13(25-3)8-6-12/h5-8H,9-10H2,1-4H3,(H,20,21,23). The smallest absolute Gasteiger partial charge is 0.348 e. The lowest BCUT2D eigenvalue weighted by Gasteiger charge is -2.16. The summed E-state index contributed by atoms with van der Waals surface area (Å²) in [6.07, 6.45) is 0. The Morgan fingerprint density at radius 3 is 2.56 bits per heavy atom. The van der Waals surface area contributed by atoms with Crippen molar-refractivity contribution in [1.29, 1.82) is 0 Å². The average Bonchev–Trinajstić information content (AvgIpc) is 2.98. The number of aromatic nitrogens is 2. The minimum absolute atomic E-state index is 0.239. The predicted octanol–water partition coefficient (Wildman–Crippen LogP) is 2.72. The van der Waals surface area contributed by atoms with E-state index in [1.54, 1.807) is 14.0 Å². The van der Waals surface area contributed by atoms with Gasteiger partial charge >= 0.3 is 5.97 Å². The molecule has 3 aromatic rings. The molecule has 0 aliphatic carbocycles. The second kappa shape index (κ2) is 7.89. The molecule has 2 aromatic heterocycles. The Balaban J connectivity index is 1.82. The molecule has 27 heavy (non-hydrogen) atoms. The van der Waals surface area contributed by atoms with Crippen molar-refractivity contribution in [3.8, 4) is 5.75 Å². The van der Waals surface area contributed by atoms with Crippen molar-refractivity contribution in [2.24, 2.45) is 0 Å². The number of carbonyl (C=O) groups is 1. The van der Waals surface area contributed by atoms with Crippen LogP contribution in [0.2, 0.25) is 0 Å². The van der Waals surface area contributed by atoms with Gasteiger partial charge < -0.3 is 14.5 Å².